The molecule has 1 aromatic heterocycles. The van der Waals surface area contributed by atoms with Gasteiger partial charge >= 0.3 is 0 Å². The maximum Gasteiger partial charge on any atom is 0.230 e. The van der Waals surface area contributed by atoms with Crippen LogP contribution in [0.15, 0.2) is 36.5 Å². The lowest BCUT2D eigenvalue weighted by atomic mass is 9.68. The van der Waals surface area contributed by atoms with E-state index in [1.165, 1.54) is 6.42 Å². The van der Waals surface area contributed by atoms with Gasteiger partial charge < -0.3 is 5.32 Å². The van der Waals surface area contributed by atoms with Gasteiger partial charge in [-0.25, -0.2) is 0 Å². The Morgan fingerprint density at radius 2 is 1.92 bits per heavy atom. The fourth-order valence-corrected chi connectivity index (χ4v) is 3.88. The number of hydrogen-bond acceptors (Lipinski definition) is 2. The van der Waals surface area contributed by atoms with Crippen LogP contribution in [-0.2, 0) is 23.3 Å². The summed E-state index contributed by atoms with van der Waals surface area (Å²) in [5.74, 6) is 0.164. The van der Waals surface area contributed by atoms with E-state index < -0.39 is 0 Å². The minimum absolute atomic E-state index is 0.164. The maximum atomic E-state index is 13.1. The summed E-state index contributed by atoms with van der Waals surface area (Å²) in [7, 11) is 0. The molecular formula is C20H27N3O. The molecular weight excluding hydrogens is 298 g/mol. The lowest BCUT2D eigenvalue weighted by Crippen LogP contribution is -2.45. The van der Waals surface area contributed by atoms with Gasteiger partial charge in [0.05, 0.1) is 11.6 Å². The molecule has 4 nitrogen and oxygen atoms in total. The first-order valence-electron chi connectivity index (χ1n) is 9.02. The van der Waals surface area contributed by atoms with Crippen molar-refractivity contribution in [2.75, 3.05) is 0 Å². The third-order valence-electron chi connectivity index (χ3n) is 5.41. The quantitative estimate of drug-likeness (QED) is 0.910. The van der Waals surface area contributed by atoms with Gasteiger partial charge in [0.15, 0.2) is 0 Å². The third-order valence-corrected chi connectivity index (χ3v) is 5.41. The van der Waals surface area contributed by atoms with Gasteiger partial charge in [0.25, 0.3) is 0 Å². The SMILES string of the molecule is CCn1ncc(CNC(=O)C2(c3ccccc3)CCCCC2)c1C. The lowest BCUT2D eigenvalue weighted by molar-refractivity contribution is -0.128. The molecule has 0 spiro atoms. The molecule has 24 heavy (non-hydrogen) atoms. The van der Waals surface area contributed by atoms with Gasteiger partial charge in [-0.3, -0.25) is 9.48 Å². The molecule has 128 valence electrons. The van der Waals surface area contributed by atoms with Crippen molar-refractivity contribution >= 4 is 5.91 Å². The fraction of sp³-hybridized carbons (Fsp3) is 0.500. The Morgan fingerprint density at radius 1 is 1.21 bits per heavy atom. The van der Waals surface area contributed by atoms with E-state index in [-0.39, 0.29) is 11.3 Å². The van der Waals surface area contributed by atoms with Crippen molar-refractivity contribution in [3.05, 3.63) is 53.3 Å². The van der Waals surface area contributed by atoms with Crippen LogP contribution in [0.4, 0.5) is 0 Å². The molecule has 0 atom stereocenters. The van der Waals surface area contributed by atoms with Crippen LogP contribution in [0.3, 0.4) is 0 Å². The van der Waals surface area contributed by atoms with Gasteiger partial charge in [-0.05, 0) is 32.3 Å². The van der Waals surface area contributed by atoms with Crippen molar-refractivity contribution < 1.29 is 4.79 Å². The first-order valence-corrected chi connectivity index (χ1v) is 9.02. The zero-order valence-corrected chi connectivity index (χ0v) is 14.7. The van der Waals surface area contributed by atoms with E-state index in [4.69, 9.17) is 0 Å². The molecule has 1 N–H and O–H groups in total. The number of amides is 1. The largest absolute Gasteiger partial charge is 0.351 e. The van der Waals surface area contributed by atoms with Crippen molar-refractivity contribution in [1.82, 2.24) is 15.1 Å². The van der Waals surface area contributed by atoms with Crippen LogP contribution in [0, 0.1) is 6.92 Å². The van der Waals surface area contributed by atoms with Gasteiger partial charge in [-0.2, -0.15) is 5.10 Å². The molecule has 1 aliphatic carbocycles. The summed E-state index contributed by atoms with van der Waals surface area (Å²) < 4.78 is 1.97. The summed E-state index contributed by atoms with van der Waals surface area (Å²) in [6, 6.07) is 10.3. The second kappa shape index (κ2) is 7.20. The van der Waals surface area contributed by atoms with Crippen molar-refractivity contribution in [2.24, 2.45) is 0 Å². The van der Waals surface area contributed by atoms with Crippen LogP contribution in [0.25, 0.3) is 0 Å². The van der Waals surface area contributed by atoms with Gasteiger partial charge in [0, 0.05) is 24.3 Å². The first-order chi connectivity index (χ1) is 11.7. The summed E-state index contributed by atoms with van der Waals surface area (Å²) in [5, 5.41) is 7.56. The topological polar surface area (TPSA) is 46.9 Å². The minimum Gasteiger partial charge on any atom is -0.351 e. The van der Waals surface area contributed by atoms with Gasteiger partial charge in [0.1, 0.15) is 0 Å². The standard InChI is InChI=1S/C20H27N3O/c1-3-23-16(2)17(15-22-23)14-21-19(24)20(12-8-5-9-13-20)18-10-6-4-7-11-18/h4,6-7,10-11,15H,3,5,8-9,12-14H2,1-2H3,(H,21,24). The summed E-state index contributed by atoms with van der Waals surface area (Å²) in [6.07, 6.45) is 7.22. The number of aromatic nitrogens is 2. The Morgan fingerprint density at radius 3 is 2.54 bits per heavy atom. The molecule has 2 aromatic rings. The summed E-state index contributed by atoms with van der Waals surface area (Å²) in [6.45, 7) is 5.55. The number of nitrogens with zero attached hydrogens (tertiary/aromatic N) is 2. The third kappa shape index (κ3) is 3.10. The van der Waals surface area contributed by atoms with Crippen molar-refractivity contribution in [3.8, 4) is 0 Å². The molecule has 0 radical (unpaired) electrons. The molecule has 1 aliphatic rings. The highest BCUT2D eigenvalue weighted by Gasteiger charge is 2.40. The molecule has 4 heteroatoms. The number of rotatable bonds is 5. The highest BCUT2D eigenvalue weighted by Crippen LogP contribution is 2.39. The molecule has 1 fully saturated rings. The Bertz CT molecular complexity index is 684. The number of nitrogens with one attached hydrogen (secondary N) is 1. The molecule has 0 unspecified atom stereocenters. The van der Waals surface area contributed by atoms with Crippen molar-refractivity contribution in [3.63, 3.8) is 0 Å². The van der Waals surface area contributed by atoms with Gasteiger partial charge in [0.2, 0.25) is 5.91 Å². The van der Waals surface area contributed by atoms with Crippen LogP contribution >= 0.6 is 0 Å². The Labute approximate surface area is 144 Å². The van der Waals surface area contributed by atoms with E-state index in [1.807, 2.05) is 29.1 Å². The van der Waals surface area contributed by atoms with Crippen molar-refractivity contribution in [2.45, 2.75) is 64.5 Å². The van der Waals surface area contributed by atoms with Crippen molar-refractivity contribution in [1.29, 1.82) is 0 Å². The number of hydrogen-bond donors (Lipinski definition) is 1. The van der Waals surface area contributed by atoms with E-state index in [1.54, 1.807) is 0 Å². The Kier molecular flexibility index (Phi) is 5.03. The highest BCUT2D eigenvalue weighted by atomic mass is 16.2. The number of aryl methyl sites for hydroxylation is 1. The monoisotopic (exact) mass is 325 g/mol. The first kappa shape index (κ1) is 16.7. The summed E-state index contributed by atoms with van der Waals surface area (Å²) >= 11 is 0. The Balaban J connectivity index is 1.78. The maximum absolute atomic E-state index is 13.1. The molecule has 0 bridgehead atoms. The average Bonchev–Trinajstić information content (AvgIpc) is 3.00. The lowest BCUT2D eigenvalue weighted by Gasteiger charge is -2.36. The predicted molar refractivity (Wildman–Crippen MR) is 95.7 cm³/mol. The van der Waals surface area contributed by atoms with Crippen LogP contribution in [0.1, 0.15) is 55.8 Å². The fourth-order valence-electron chi connectivity index (χ4n) is 3.88. The summed E-state index contributed by atoms with van der Waals surface area (Å²) in [4.78, 5) is 13.1. The van der Waals surface area contributed by atoms with Crippen LogP contribution < -0.4 is 5.32 Å². The second-order valence-corrected chi connectivity index (χ2v) is 6.76. The number of carbonyl (C=O) groups excluding carboxylic acids is 1. The van der Waals surface area contributed by atoms with E-state index >= 15 is 0 Å². The smallest absolute Gasteiger partial charge is 0.230 e. The van der Waals surface area contributed by atoms with E-state index in [9.17, 15) is 4.79 Å². The zero-order valence-electron chi connectivity index (χ0n) is 14.7. The number of benzene rings is 1. The molecule has 1 heterocycles. The van der Waals surface area contributed by atoms with Gasteiger partial charge in [-0.15, -0.1) is 0 Å². The normalized spacial score (nSPS) is 16.8. The van der Waals surface area contributed by atoms with Crippen LogP contribution in [-0.4, -0.2) is 15.7 Å². The molecule has 0 aliphatic heterocycles. The van der Waals surface area contributed by atoms with E-state index in [0.29, 0.717) is 6.54 Å². The molecule has 3 rings (SSSR count). The van der Waals surface area contributed by atoms with Crippen LogP contribution in [0.2, 0.25) is 0 Å². The average molecular weight is 325 g/mol. The van der Waals surface area contributed by atoms with E-state index in [0.717, 1.165) is 49.0 Å². The predicted octanol–water partition coefficient (Wildman–Crippen LogP) is 3.73. The zero-order chi connectivity index (χ0) is 17.0. The summed E-state index contributed by atoms with van der Waals surface area (Å²) in [5.41, 5.74) is 3.02. The van der Waals surface area contributed by atoms with E-state index in [2.05, 4.69) is 36.4 Å². The van der Waals surface area contributed by atoms with Crippen LogP contribution in [0.5, 0.6) is 0 Å². The Hall–Kier alpha value is -2.10. The minimum atomic E-state index is -0.367. The molecule has 1 aromatic carbocycles. The highest BCUT2D eigenvalue weighted by molar-refractivity contribution is 5.88. The van der Waals surface area contributed by atoms with Gasteiger partial charge in [-0.1, -0.05) is 49.6 Å². The molecule has 1 amide bonds. The number of carbonyl (C=O) groups is 1. The molecule has 0 saturated heterocycles. The molecule has 1 saturated carbocycles. The second-order valence-electron chi connectivity index (χ2n) is 6.76.